The lowest BCUT2D eigenvalue weighted by Gasteiger charge is -2.30. The van der Waals surface area contributed by atoms with Crippen molar-refractivity contribution in [3.05, 3.63) is 65.1 Å². The van der Waals surface area contributed by atoms with E-state index in [1.165, 1.54) is 35.9 Å². The summed E-state index contributed by atoms with van der Waals surface area (Å²) >= 11 is 1.53. The number of para-hydroxylation sites is 1. The minimum Gasteiger partial charge on any atom is -0.459 e. The van der Waals surface area contributed by atoms with E-state index in [4.69, 9.17) is 19.4 Å². The number of alkyl carbamates (subject to hydrolysis) is 1. The first kappa shape index (κ1) is 46.7. The maximum Gasteiger partial charge on any atom is 0.408 e. The van der Waals surface area contributed by atoms with Gasteiger partial charge in [-0.1, -0.05) is 54.8 Å². The normalized spacial score (nSPS) is 23.3. The van der Waals surface area contributed by atoms with Gasteiger partial charge in [-0.3, -0.25) is 19.0 Å². The molecule has 344 valence electrons. The molecule has 0 bridgehead atoms. The van der Waals surface area contributed by atoms with Gasteiger partial charge in [0, 0.05) is 49.0 Å². The van der Waals surface area contributed by atoms with Crippen LogP contribution in [0.3, 0.4) is 0 Å². The van der Waals surface area contributed by atoms with Crippen LogP contribution in [0.1, 0.15) is 96.7 Å². The zero-order valence-corrected chi connectivity index (χ0v) is 39.7. The third-order valence-electron chi connectivity index (χ3n) is 11.9. The summed E-state index contributed by atoms with van der Waals surface area (Å²) < 4.78 is 43.0. The van der Waals surface area contributed by atoms with E-state index in [1.807, 2.05) is 54.1 Å². The number of nitrogens with zero attached hydrogens (tertiary/aromatic N) is 5. The van der Waals surface area contributed by atoms with Crippen molar-refractivity contribution >= 4 is 56.4 Å². The zero-order valence-electron chi connectivity index (χ0n) is 38.1. The van der Waals surface area contributed by atoms with Crippen LogP contribution in [0, 0.1) is 19.8 Å². The third-order valence-corrected chi connectivity index (χ3v) is 14.2. The number of hydrogen-bond acceptors (Lipinski definition) is 11. The SMILES string of the molecule is Cc1ccc(-c2csc(-c3cccc4c3nc(O[C@@H]3C[C@H]5C(=O)N[C@]6(C(=O)NS(=O)(=O)N(C)C)C[C@H]6C=CCCCCC[C@H](NC(=O)OC(C)(C)C)C(=O)N5C3)n4C(C)C)n2)c(C)c1. The molecule has 1 saturated heterocycles. The maximum atomic E-state index is 14.8. The largest absolute Gasteiger partial charge is 0.459 e. The first-order valence-electron chi connectivity index (χ1n) is 21.9. The summed E-state index contributed by atoms with van der Waals surface area (Å²) in [7, 11) is -1.59. The highest BCUT2D eigenvalue weighted by atomic mass is 32.2. The number of rotatable bonds is 9. The van der Waals surface area contributed by atoms with E-state index in [9.17, 15) is 27.6 Å². The summed E-state index contributed by atoms with van der Waals surface area (Å²) in [4.78, 5) is 67.9. The molecule has 3 N–H and O–H groups in total. The Hall–Kier alpha value is -5.33. The second-order valence-corrected chi connectivity index (χ2v) is 21.4. The number of ether oxygens (including phenoxy) is 2. The number of hydrogen-bond donors (Lipinski definition) is 3. The van der Waals surface area contributed by atoms with Crippen molar-refractivity contribution in [1.29, 1.82) is 0 Å². The van der Waals surface area contributed by atoms with Gasteiger partial charge in [0.2, 0.25) is 11.8 Å². The molecule has 18 heteroatoms. The summed E-state index contributed by atoms with van der Waals surface area (Å²) in [5.74, 6) is -2.51. The highest BCUT2D eigenvalue weighted by Crippen LogP contribution is 2.46. The monoisotopic (exact) mass is 916 g/mol. The number of aromatic nitrogens is 3. The third kappa shape index (κ3) is 9.98. The van der Waals surface area contributed by atoms with Crippen LogP contribution in [0.15, 0.2) is 53.9 Å². The standard InChI is InChI=1S/C46H60N8O8S2/c1-27(2)54-36-19-15-17-33(40-47-35(26-63-40)32-21-20-28(3)22-29(32)4)38(36)49-43(54)61-31-23-37-39(55)50-46(42(57)51-64(59,60)52(8)9)24-30(46)16-13-11-10-12-14-18-34(41(56)53(37)25-31)48-44(58)62-45(5,6)7/h13,15-17,19-22,26-27,30-31,34,37H,10-12,14,18,23-25H2,1-9H3,(H,48,58)(H,50,55)(H,51,57)/t30-,31-,34+,37+,46-/m1/s1. The Balaban J connectivity index is 1.23. The predicted octanol–water partition coefficient (Wildman–Crippen LogP) is 6.58. The van der Waals surface area contributed by atoms with E-state index in [0.717, 1.165) is 50.1 Å². The van der Waals surface area contributed by atoms with E-state index in [-0.39, 0.29) is 25.4 Å². The highest BCUT2D eigenvalue weighted by Gasteiger charge is 2.62. The van der Waals surface area contributed by atoms with Gasteiger partial charge in [-0.25, -0.2) is 14.5 Å². The van der Waals surface area contributed by atoms with Gasteiger partial charge >= 0.3 is 16.3 Å². The first-order valence-corrected chi connectivity index (χ1v) is 24.2. The maximum absolute atomic E-state index is 14.8. The van der Waals surface area contributed by atoms with Gasteiger partial charge in [0.15, 0.2) is 0 Å². The molecule has 4 amide bonds. The van der Waals surface area contributed by atoms with Gasteiger partial charge in [0.25, 0.3) is 11.9 Å². The van der Waals surface area contributed by atoms with Crippen molar-refractivity contribution in [3.8, 4) is 27.8 Å². The summed E-state index contributed by atoms with van der Waals surface area (Å²) in [6, 6.07) is 10.2. The summed E-state index contributed by atoms with van der Waals surface area (Å²) in [5, 5.41) is 8.50. The predicted molar refractivity (Wildman–Crippen MR) is 246 cm³/mol. The van der Waals surface area contributed by atoms with Gasteiger partial charge in [-0.15, -0.1) is 11.3 Å². The molecule has 1 saturated carbocycles. The molecule has 4 heterocycles. The van der Waals surface area contributed by atoms with Crippen molar-refractivity contribution in [1.82, 2.24) is 39.1 Å². The average molecular weight is 917 g/mol. The Bertz CT molecular complexity index is 2580. The van der Waals surface area contributed by atoms with E-state index >= 15 is 0 Å². The fraction of sp³-hybridized carbons (Fsp3) is 0.522. The summed E-state index contributed by atoms with van der Waals surface area (Å²) in [6.45, 7) is 13.3. The van der Waals surface area contributed by atoms with E-state index in [1.54, 1.807) is 20.8 Å². The number of nitrogens with one attached hydrogen (secondary N) is 3. The van der Waals surface area contributed by atoms with Crippen molar-refractivity contribution in [3.63, 3.8) is 0 Å². The number of thiazole rings is 1. The molecular weight excluding hydrogens is 857 g/mol. The van der Waals surface area contributed by atoms with Crippen LogP contribution in [0.25, 0.3) is 32.9 Å². The Morgan fingerprint density at radius 1 is 1.05 bits per heavy atom. The van der Waals surface area contributed by atoms with Crippen LogP contribution in [0.5, 0.6) is 6.01 Å². The lowest BCUT2D eigenvalue weighted by molar-refractivity contribution is -0.141. The van der Waals surface area contributed by atoms with Crippen LogP contribution in [-0.2, 0) is 29.3 Å². The molecule has 16 nitrogen and oxygen atoms in total. The molecule has 2 aromatic carbocycles. The molecule has 2 aliphatic heterocycles. The topological polar surface area (TPSA) is 194 Å². The number of carbonyl (C=O) groups is 4. The second kappa shape index (κ2) is 18.3. The van der Waals surface area contributed by atoms with Gasteiger partial charge in [-0.2, -0.15) is 17.7 Å². The van der Waals surface area contributed by atoms with Crippen molar-refractivity contribution < 1.29 is 37.1 Å². The number of imidazole rings is 1. The van der Waals surface area contributed by atoms with E-state index in [2.05, 4.69) is 47.4 Å². The van der Waals surface area contributed by atoms with Gasteiger partial charge in [0.05, 0.1) is 17.8 Å². The van der Waals surface area contributed by atoms with Crippen molar-refractivity contribution in [2.45, 2.75) is 129 Å². The molecular formula is C46H60N8O8S2. The molecule has 0 radical (unpaired) electrons. The number of benzene rings is 2. The number of allylic oxidation sites excluding steroid dienone is 1. The molecule has 0 unspecified atom stereocenters. The Kier molecular flexibility index (Phi) is 13.3. The minimum absolute atomic E-state index is 0.0187. The Morgan fingerprint density at radius 2 is 1.81 bits per heavy atom. The molecule has 1 aliphatic carbocycles. The molecule has 7 rings (SSSR count). The molecule has 3 aliphatic rings. The lowest BCUT2D eigenvalue weighted by atomic mass is 10.0. The molecule has 64 heavy (non-hydrogen) atoms. The smallest absolute Gasteiger partial charge is 0.408 e. The average Bonchev–Trinajstić information content (AvgIpc) is 3.54. The van der Waals surface area contributed by atoms with Gasteiger partial charge in [-0.05, 0) is 91.8 Å². The molecule has 0 spiro atoms. The number of aryl methyl sites for hydroxylation is 2. The fourth-order valence-electron chi connectivity index (χ4n) is 8.54. The van der Waals surface area contributed by atoms with E-state index in [0.29, 0.717) is 30.8 Å². The molecule has 4 aromatic rings. The quantitative estimate of drug-likeness (QED) is 0.154. The van der Waals surface area contributed by atoms with Crippen LogP contribution in [0.2, 0.25) is 0 Å². The fourth-order valence-corrected chi connectivity index (χ4v) is 9.98. The second-order valence-electron chi connectivity index (χ2n) is 18.6. The number of amides is 4. The first-order chi connectivity index (χ1) is 30.2. The Labute approximate surface area is 379 Å². The van der Waals surface area contributed by atoms with Crippen molar-refractivity contribution in [2.75, 3.05) is 20.6 Å². The molecule has 5 atom stereocenters. The number of fused-ring (bicyclic) bond motifs is 3. The lowest BCUT2D eigenvalue weighted by Crippen LogP contribution is -2.58. The Morgan fingerprint density at radius 3 is 2.52 bits per heavy atom. The van der Waals surface area contributed by atoms with Crippen LogP contribution in [-0.4, -0.2) is 106 Å². The van der Waals surface area contributed by atoms with Gasteiger partial charge < -0.3 is 25.0 Å². The molecule has 2 fully saturated rings. The van der Waals surface area contributed by atoms with Crippen molar-refractivity contribution in [2.24, 2.45) is 5.92 Å². The summed E-state index contributed by atoms with van der Waals surface area (Å²) in [5.41, 5.74) is 4.18. The van der Waals surface area contributed by atoms with Gasteiger partial charge in [0.1, 0.15) is 39.9 Å². The zero-order chi connectivity index (χ0) is 46.3. The summed E-state index contributed by atoms with van der Waals surface area (Å²) in [6.07, 6.45) is 5.54. The van der Waals surface area contributed by atoms with Crippen LogP contribution < -0.4 is 20.1 Å². The van der Waals surface area contributed by atoms with Crippen LogP contribution >= 0.6 is 11.3 Å². The van der Waals surface area contributed by atoms with E-state index < -0.39 is 69.3 Å². The van der Waals surface area contributed by atoms with Crippen LogP contribution in [0.4, 0.5) is 4.79 Å². The number of carbonyl (C=O) groups excluding carboxylic acids is 4. The minimum atomic E-state index is -4.19. The highest BCUT2D eigenvalue weighted by molar-refractivity contribution is 7.87. The molecule has 2 aromatic heterocycles.